The average molecular weight is 235 g/mol. The summed E-state index contributed by atoms with van der Waals surface area (Å²) in [7, 11) is 1.59. The summed E-state index contributed by atoms with van der Waals surface area (Å²) in [6, 6.07) is 7.75. The van der Waals surface area contributed by atoms with Crippen LogP contribution in [-0.4, -0.2) is 30.4 Å². The number of esters is 1. The highest BCUT2D eigenvalue weighted by Gasteiger charge is 2.20. The zero-order valence-corrected chi connectivity index (χ0v) is 10.4. The molecule has 0 saturated carbocycles. The van der Waals surface area contributed by atoms with Gasteiger partial charge in [-0.1, -0.05) is 24.3 Å². The molecule has 0 heterocycles. The van der Waals surface area contributed by atoms with E-state index in [2.05, 4.69) is 4.74 Å². The molecule has 0 aliphatic rings. The number of benzene rings is 1. The van der Waals surface area contributed by atoms with Crippen molar-refractivity contribution < 1.29 is 14.3 Å². The molecule has 0 N–H and O–H groups in total. The summed E-state index contributed by atoms with van der Waals surface area (Å²) in [4.78, 5) is 24.2. The van der Waals surface area contributed by atoms with E-state index in [9.17, 15) is 9.59 Å². The maximum atomic E-state index is 11.6. The molecule has 1 rings (SSSR count). The van der Waals surface area contributed by atoms with Crippen molar-refractivity contribution in [3.05, 3.63) is 35.4 Å². The number of likely N-dealkylation sites (N-methyl/N-ethyl adjacent to an activating group) is 1. The molecule has 92 valence electrons. The van der Waals surface area contributed by atoms with Crippen molar-refractivity contribution in [2.75, 3.05) is 13.7 Å². The number of amides is 1. The first-order chi connectivity index (χ1) is 8.06. The van der Waals surface area contributed by atoms with Crippen molar-refractivity contribution in [3.63, 3.8) is 0 Å². The summed E-state index contributed by atoms with van der Waals surface area (Å²) in [5.74, 6) is -1.42. The van der Waals surface area contributed by atoms with E-state index < -0.39 is 11.9 Å². The van der Waals surface area contributed by atoms with Crippen molar-refractivity contribution in [1.29, 1.82) is 0 Å². The predicted molar refractivity (Wildman–Crippen MR) is 64.3 cm³/mol. The second-order valence-corrected chi connectivity index (χ2v) is 3.81. The molecule has 0 spiro atoms. The quantitative estimate of drug-likeness (QED) is 0.589. The molecule has 0 radical (unpaired) electrons. The molecule has 0 unspecified atom stereocenters. The molecule has 1 amide bonds. The molecule has 0 aliphatic heterocycles. The highest BCUT2D eigenvalue weighted by atomic mass is 16.5. The van der Waals surface area contributed by atoms with Crippen LogP contribution in [0.15, 0.2) is 24.3 Å². The Hall–Kier alpha value is -1.84. The maximum Gasteiger partial charge on any atom is 0.397 e. The largest absolute Gasteiger partial charge is 0.459 e. The smallest absolute Gasteiger partial charge is 0.397 e. The Kier molecular flexibility index (Phi) is 4.69. The number of carbonyl (C=O) groups excluding carboxylic acids is 2. The van der Waals surface area contributed by atoms with Crippen molar-refractivity contribution in [1.82, 2.24) is 4.90 Å². The van der Waals surface area contributed by atoms with E-state index in [-0.39, 0.29) is 6.61 Å². The summed E-state index contributed by atoms with van der Waals surface area (Å²) in [5, 5.41) is 0. The zero-order chi connectivity index (χ0) is 12.8. The lowest BCUT2D eigenvalue weighted by molar-refractivity contribution is -0.159. The fourth-order valence-corrected chi connectivity index (χ4v) is 1.46. The minimum atomic E-state index is -0.802. The molecule has 17 heavy (non-hydrogen) atoms. The molecular formula is C13H17NO3. The Labute approximate surface area is 101 Å². The van der Waals surface area contributed by atoms with Gasteiger partial charge in [-0.25, -0.2) is 4.79 Å². The number of aryl methyl sites for hydroxylation is 1. The Balaban J connectivity index is 2.66. The summed E-state index contributed by atoms with van der Waals surface area (Å²) >= 11 is 0. The van der Waals surface area contributed by atoms with Gasteiger partial charge in [0.15, 0.2) is 0 Å². The molecule has 0 bridgehead atoms. The van der Waals surface area contributed by atoms with Gasteiger partial charge in [-0.15, -0.1) is 0 Å². The van der Waals surface area contributed by atoms with Crippen molar-refractivity contribution in [2.45, 2.75) is 20.4 Å². The molecule has 1 aromatic rings. The summed E-state index contributed by atoms with van der Waals surface area (Å²) < 4.78 is 4.66. The third-order valence-corrected chi connectivity index (χ3v) is 2.47. The summed E-state index contributed by atoms with van der Waals surface area (Å²) in [6.07, 6.45) is 0. The van der Waals surface area contributed by atoms with Gasteiger partial charge in [-0.05, 0) is 25.0 Å². The molecule has 4 heteroatoms. The predicted octanol–water partition coefficient (Wildman–Crippen LogP) is 1.52. The fourth-order valence-electron chi connectivity index (χ4n) is 1.46. The van der Waals surface area contributed by atoms with E-state index in [0.29, 0.717) is 6.54 Å². The Bertz CT molecular complexity index is 415. The third-order valence-electron chi connectivity index (χ3n) is 2.47. The Morgan fingerprint density at radius 2 is 1.94 bits per heavy atom. The first-order valence-corrected chi connectivity index (χ1v) is 5.53. The SMILES string of the molecule is CCOC(=O)C(=O)N(C)Cc1ccccc1C. The standard InChI is InChI=1S/C13H17NO3/c1-4-17-13(16)12(15)14(3)9-11-8-6-5-7-10(11)2/h5-8H,4,9H2,1-3H3. The Morgan fingerprint density at radius 1 is 1.29 bits per heavy atom. The lowest BCUT2D eigenvalue weighted by Gasteiger charge is -2.17. The summed E-state index contributed by atoms with van der Waals surface area (Å²) in [6.45, 7) is 4.26. The molecular weight excluding hydrogens is 218 g/mol. The highest BCUT2D eigenvalue weighted by Crippen LogP contribution is 2.09. The number of ether oxygens (including phenoxy) is 1. The van der Waals surface area contributed by atoms with Crippen LogP contribution in [0.3, 0.4) is 0 Å². The molecule has 0 atom stereocenters. The van der Waals surface area contributed by atoms with Gasteiger partial charge in [0.05, 0.1) is 6.61 Å². The van der Waals surface area contributed by atoms with Crippen LogP contribution in [0.1, 0.15) is 18.1 Å². The number of nitrogens with zero attached hydrogens (tertiary/aromatic N) is 1. The van der Waals surface area contributed by atoms with E-state index >= 15 is 0 Å². The minimum absolute atomic E-state index is 0.211. The minimum Gasteiger partial charge on any atom is -0.459 e. The molecule has 0 aliphatic carbocycles. The van der Waals surface area contributed by atoms with E-state index in [1.165, 1.54) is 4.90 Å². The number of rotatable bonds is 3. The highest BCUT2D eigenvalue weighted by molar-refractivity contribution is 6.32. The fraction of sp³-hybridized carbons (Fsp3) is 0.385. The first-order valence-electron chi connectivity index (χ1n) is 5.53. The number of carbonyl (C=O) groups is 2. The van der Waals surface area contributed by atoms with Crippen LogP contribution in [0.4, 0.5) is 0 Å². The molecule has 4 nitrogen and oxygen atoms in total. The van der Waals surface area contributed by atoms with E-state index in [0.717, 1.165) is 11.1 Å². The van der Waals surface area contributed by atoms with Gasteiger partial charge in [0.2, 0.25) is 0 Å². The average Bonchev–Trinajstić information content (AvgIpc) is 2.31. The van der Waals surface area contributed by atoms with Gasteiger partial charge in [0.25, 0.3) is 0 Å². The Morgan fingerprint density at radius 3 is 2.53 bits per heavy atom. The number of hydrogen-bond acceptors (Lipinski definition) is 3. The monoisotopic (exact) mass is 235 g/mol. The van der Waals surface area contributed by atoms with Gasteiger partial charge in [-0.3, -0.25) is 4.79 Å². The van der Waals surface area contributed by atoms with Crippen LogP contribution >= 0.6 is 0 Å². The van der Waals surface area contributed by atoms with Crippen molar-refractivity contribution in [3.8, 4) is 0 Å². The van der Waals surface area contributed by atoms with Crippen LogP contribution in [0.25, 0.3) is 0 Å². The van der Waals surface area contributed by atoms with Gasteiger partial charge < -0.3 is 9.64 Å². The van der Waals surface area contributed by atoms with E-state index in [4.69, 9.17) is 0 Å². The maximum absolute atomic E-state index is 11.6. The van der Waals surface area contributed by atoms with Crippen LogP contribution in [0.2, 0.25) is 0 Å². The van der Waals surface area contributed by atoms with Gasteiger partial charge in [0, 0.05) is 13.6 Å². The van der Waals surface area contributed by atoms with Gasteiger partial charge in [-0.2, -0.15) is 0 Å². The van der Waals surface area contributed by atoms with E-state index in [1.54, 1.807) is 14.0 Å². The topological polar surface area (TPSA) is 46.6 Å². The second-order valence-electron chi connectivity index (χ2n) is 3.81. The van der Waals surface area contributed by atoms with Crippen molar-refractivity contribution in [2.24, 2.45) is 0 Å². The zero-order valence-electron chi connectivity index (χ0n) is 10.4. The lowest BCUT2D eigenvalue weighted by Crippen LogP contribution is -2.34. The van der Waals surface area contributed by atoms with Crippen LogP contribution in [0.5, 0.6) is 0 Å². The lowest BCUT2D eigenvalue weighted by atomic mass is 10.1. The third kappa shape index (κ3) is 3.59. The summed E-state index contributed by atoms with van der Waals surface area (Å²) in [5.41, 5.74) is 2.11. The van der Waals surface area contributed by atoms with Crippen LogP contribution < -0.4 is 0 Å². The normalized spacial score (nSPS) is 9.82. The van der Waals surface area contributed by atoms with Crippen LogP contribution in [-0.2, 0) is 20.9 Å². The first kappa shape index (κ1) is 13.2. The van der Waals surface area contributed by atoms with Gasteiger partial charge >= 0.3 is 11.9 Å². The van der Waals surface area contributed by atoms with Gasteiger partial charge in [0.1, 0.15) is 0 Å². The van der Waals surface area contributed by atoms with Crippen LogP contribution in [0, 0.1) is 6.92 Å². The molecule has 0 saturated heterocycles. The molecule has 1 aromatic carbocycles. The second kappa shape index (κ2) is 6.03. The van der Waals surface area contributed by atoms with E-state index in [1.807, 2.05) is 31.2 Å². The molecule has 0 fully saturated rings. The molecule has 0 aromatic heterocycles. The number of hydrogen-bond donors (Lipinski definition) is 0. The van der Waals surface area contributed by atoms with Crippen molar-refractivity contribution >= 4 is 11.9 Å².